The molecule has 2 heterocycles. The summed E-state index contributed by atoms with van der Waals surface area (Å²) in [7, 11) is 0. The number of hydrogen-bond acceptors (Lipinski definition) is 1. The predicted molar refractivity (Wildman–Crippen MR) is 41.0 cm³/mol. The molecule has 10 heavy (non-hydrogen) atoms. The van der Waals surface area contributed by atoms with Gasteiger partial charge in [0.1, 0.15) is 0 Å². The van der Waals surface area contributed by atoms with E-state index in [2.05, 4.69) is 10.6 Å². The van der Waals surface area contributed by atoms with Crippen LogP contribution in [-0.4, -0.2) is 26.2 Å². The number of rotatable bonds is 0. The first-order chi connectivity index (χ1) is 4.91. The molecule has 0 atom stereocenters. The highest BCUT2D eigenvalue weighted by atomic mass is 15.0. The summed E-state index contributed by atoms with van der Waals surface area (Å²) in [5, 5.41) is 7.81. The third-order valence-electron chi connectivity index (χ3n) is 2.93. The molecule has 0 aromatic carbocycles. The molecular formula is C8H15N2. The molecule has 1 spiro atoms. The molecule has 2 aliphatic heterocycles. The van der Waals surface area contributed by atoms with Crippen LogP contribution in [0.15, 0.2) is 0 Å². The normalized spacial score (nSPS) is 31.2. The monoisotopic (exact) mass is 139 g/mol. The van der Waals surface area contributed by atoms with Crippen LogP contribution in [0.2, 0.25) is 0 Å². The summed E-state index contributed by atoms with van der Waals surface area (Å²) in [6.45, 7) is 4.71. The lowest BCUT2D eigenvalue weighted by molar-refractivity contribution is 0.227. The van der Waals surface area contributed by atoms with E-state index in [0.717, 1.165) is 13.1 Å². The summed E-state index contributed by atoms with van der Waals surface area (Å²) in [5.74, 6) is 0. The number of hydrogen-bond donors (Lipinski definition) is 1. The molecule has 0 aliphatic carbocycles. The van der Waals surface area contributed by atoms with E-state index < -0.39 is 0 Å². The first kappa shape index (κ1) is 6.62. The van der Waals surface area contributed by atoms with E-state index in [-0.39, 0.29) is 0 Å². The second-order valence-electron chi connectivity index (χ2n) is 3.60. The second-order valence-corrected chi connectivity index (χ2v) is 3.60. The molecule has 2 nitrogen and oxygen atoms in total. The molecule has 2 fully saturated rings. The molecule has 0 bridgehead atoms. The van der Waals surface area contributed by atoms with Crippen molar-refractivity contribution < 1.29 is 0 Å². The maximum Gasteiger partial charge on any atom is 0.0139 e. The van der Waals surface area contributed by atoms with E-state index in [1.807, 2.05) is 0 Å². The zero-order valence-electron chi connectivity index (χ0n) is 6.40. The average Bonchev–Trinajstić information content (AvgIpc) is 2.39. The highest BCUT2D eigenvalue weighted by molar-refractivity contribution is 4.90. The Bertz CT molecular complexity index is 108. The van der Waals surface area contributed by atoms with Crippen LogP contribution < -0.4 is 10.6 Å². The van der Waals surface area contributed by atoms with Gasteiger partial charge in [-0.2, -0.15) is 0 Å². The molecule has 2 saturated heterocycles. The number of piperidine rings is 1. The lowest BCUT2D eigenvalue weighted by Gasteiger charge is -2.31. The van der Waals surface area contributed by atoms with Crippen molar-refractivity contribution in [1.82, 2.24) is 10.6 Å². The fourth-order valence-corrected chi connectivity index (χ4v) is 2.09. The van der Waals surface area contributed by atoms with E-state index in [1.54, 1.807) is 0 Å². The lowest BCUT2D eigenvalue weighted by atomic mass is 9.78. The average molecular weight is 139 g/mol. The summed E-state index contributed by atoms with van der Waals surface area (Å²) < 4.78 is 0. The second kappa shape index (κ2) is 2.51. The summed E-state index contributed by atoms with van der Waals surface area (Å²) >= 11 is 0. The van der Waals surface area contributed by atoms with E-state index in [4.69, 9.17) is 0 Å². The Kier molecular flexibility index (Phi) is 1.66. The maximum atomic E-state index is 4.37. The van der Waals surface area contributed by atoms with Crippen LogP contribution in [0.4, 0.5) is 0 Å². The quantitative estimate of drug-likeness (QED) is 0.515. The van der Waals surface area contributed by atoms with Crippen molar-refractivity contribution in [2.24, 2.45) is 5.41 Å². The largest absolute Gasteiger partial charge is 0.316 e. The third kappa shape index (κ3) is 1.06. The van der Waals surface area contributed by atoms with Crippen molar-refractivity contribution in [3.8, 4) is 0 Å². The van der Waals surface area contributed by atoms with Crippen LogP contribution in [0.3, 0.4) is 0 Å². The third-order valence-corrected chi connectivity index (χ3v) is 2.93. The van der Waals surface area contributed by atoms with Gasteiger partial charge in [0.25, 0.3) is 0 Å². The van der Waals surface area contributed by atoms with Gasteiger partial charge in [0.15, 0.2) is 0 Å². The molecular weight excluding hydrogens is 124 g/mol. The first-order valence-electron chi connectivity index (χ1n) is 4.25. The van der Waals surface area contributed by atoms with E-state index >= 15 is 0 Å². The standard InChI is InChI=1S/C8H15N2/c1-4-9-5-2-8(1)3-6-10-7-8/h10H,1-7H2. The highest BCUT2D eigenvalue weighted by Crippen LogP contribution is 2.34. The van der Waals surface area contributed by atoms with Gasteiger partial charge < -0.3 is 5.32 Å². The predicted octanol–water partition coefficient (Wildman–Crippen LogP) is 0.364. The van der Waals surface area contributed by atoms with Crippen LogP contribution >= 0.6 is 0 Å². The van der Waals surface area contributed by atoms with E-state index in [1.165, 1.54) is 32.4 Å². The lowest BCUT2D eigenvalue weighted by Crippen LogP contribution is -2.34. The topological polar surface area (TPSA) is 26.1 Å². The Hall–Kier alpha value is -0.0800. The molecule has 1 radical (unpaired) electrons. The van der Waals surface area contributed by atoms with E-state index in [0.29, 0.717) is 5.41 Å². The minimum atomic E-state index is 0.668. The van der Waals surface area contributed by atoms with Gasteiger partial charge in [-0.05, 0) is 31.2 Å². The van der Waals surface area contributed by atoms with Gasteiger partial charge in [-0.1, -0.05) is 0 Å². The van der Waals surface area contributed by atoms with Crippen LogP contribution in [0.25, 0.3) is 0 Å². The molecule has 2 rings (SSSR count). The highest BCUT2D eigenvalue weighted by Gasteiger charge is 2.34. The Balaban J connectivity index is 1.98. The van der Waals surface area contributed by atoms with Crippen molar-refractivity contribution in [2.75, 3.05) is 26.2 Å². The van der Waals surface area contributed by atoms with Crippen LogP contribution in [-0.2, 0) is 0 Å². The zero-order valence-corrected chi connectivity index (χ0v) is 6.40. The summed E-state index contributed by atoms with van der Waals surface area (Å²) in [5.41, 5.74) is 0.668. The summed E-state index contributed by atoms with van der Waals surface area (Å²) in [6.07, 6.45) is 4.06. The van der Waals surface area contributed by atoms with Gasteiger partial charge in [0, 0.05) is 19.6 Å². The molecule has 1 N–H and O–H groups in total. The van der Waals surface area contributed by atoms with Gasteiger partial charge in [-0.25, -0.2) is 5.32 Å². The van der Waals surface area contributed by atoms with Crippen LogP contribution in [0, 0.1) is 5.41 Å². The SMILES string of the molecule is C1CC2(CC[N]1)CCNC2. The Morgan fingerprint density at radius 3 is 2.50 bits per heavy atom. The van der Waals surface area contributed by atoms with Gasteiger partial charge >= 0.3 is 0 Å². The summed E-state index contributed by atoms with van der Waals surface area (Å²) in [6, 6.07) is 0. The summed E-state index contributed by atoms with van der Waals surface area (Å²) in [4.78, 5) is 0. The zero-order chi connectivity index (χ0) is 6.86. The minimum absolute atomic E-state index is 0.668. The molecule has 0 unspecified atom stereocenters. The molecule has 2 aliphatic rings. The van der Waals surface area contributed by atoms with Gasteiger partial charge in [-0.15, -0.1) is 0 Å². The maximum absolute atomic E-state index is 4.37. The van der Waals surface area contributed by atoms with Crippen LogP contribution in [0.1, 0.15) is 19.3 Å². The van der Waals surface area contributed by atoms with E-state index in [9.17, 15) is 0 Å². The molecule has 2 heteroatoms. The van der Waals surface area contributed by atoms with Crippen molar-refractivity contribution in [1.29, 1.82) is 0 Å². The van der Waals surface area contributed by atoms with Gasteiger partial charge in [-0.3, -0.25) is 0 Å². The Morgan fingerprint density at radius 2 is 1.90 bits per heavy atom. The molecule has 0 amide bonds. The van der Waals surface area contributed by atoms with Crippen molar-refractivity contribution in [2.45, 2.75) is 19.3 Å². The fourth-order valence-electron chi connectivity index (χ4n) is 2.09. The Morgan fingerprint density at radius 1 is 1.10 bits per heavy atom. The molecule has 57 valence electrons. The smallest absolute Gasteiger partial charge is 0.0139 e. The molecule has 0 aromatic heterocycles. The van der Waals surface area contributed by atoms with Crippen LogP contribution in [0.5, 0.6) is 0 Å². The van der Waals surface area contributed by atoms with Crippen molar-refractivity contribution in [3.05, 3.63) is 0 Å². The number of nitrogens with one attached hydrogen (secondary N) is 1. The molecule has 0 saturated carbocycles. The van der Waals surface area contributed by atoms with Gasteiger partial charge in [0.05, 0.1) is 0 Å². The molecule has 0 aromatic rings. The van der Waals surface area contributed by atoms with Gasteiger partial charge in [0.2, 0.25) is 0 Å². The first-order valence-corrected chi connectivity index (χ1v) is 4.25. The van der Waals surface area contributed by atoms with Crippen molar-refractivity contribution >= 4 is 0 Å². The van der Waals surface area contributed by atoms with Crippen molar-refractivity contribution in [3.63, 3.8) is 0 Å². The number of nitrogens with zero attached hydrogens (tertiary/aromatic N) is 1. The fraction of sp³-hybridized carbons (Fsp3) is 1.00. The Labute approximate surface area is 62.4 Å². The minimum Gasteiger partial charge on any atom is -0.316 e.